The molecule has 4 aliphatic carbocycles. The van der Waals surface area contributed by atoms with Gasteiger partial charge in [-0.25, -0.2) is 4.79 Å². The number of esters is 1. The van der Waals surface area contributed by atoms with Gasteiger partial charge in [-0.15, -0.1) is 0 Å². The van der Waals surface area contributed by atoms with Crippen LogP contribution in [0.1, 0.15) is 88.4 Å². The van der Waals surface area contributed by atoms with E-state index >= 15 is 0 Å². The van der Waals surface area contributed by atoms with E-state index in [2.05, 4.69) is 32.8 Å². The molecule has 0 bridgehead atoms. The maximum absolute atomic E-state index is 12.9. The Labute approximate surface area is 213 Å². The SMILES string of the molecule is CN(C)CCCO[C@H]1CC[C@@]2(C)C(CCC3C2CC[C@@]2(C)C3CC[C@@H]2OC(=O)c2ccccc2)C1. The van der Waals surface area contributed by atoms with Gasteiger partial charge in [0.2, 0.25) is 0 Å². The highest BCUT2D eigenvalue weighted by Crippen LogP contribution is 2.66. The summed E-state index contributed by atoms with van der Waals surface area (Å²) in [6.45, 7) is 7.08. The molecule has 0 aliphatic heterocycles. The molecule has 4 fully saturated rings. The van der Waals surface area contributed by atoms with Gasteiger partial charge in [-0.1, -0.05) is 32.0 Å². The van der Waals surface area contributed by atoms with E-state index in [1.807, 2.05) is 30.3 Å². The first-order valence-corrected chi connectivity index (χ1v) is 14.3. The molecule has 0 amide bonds. The zero-order valence-corrected chi connectivity index (χ0v) is 22.5. The monoisotopic (exact) mass is 481 g/mol. The quantitative estimate of drug-likeness (QED) is 0.325. The molecule has 0 aromatic heterocycles. The van der Waals surface area contributed by atoms with Crippen LogP contribution in [0.2, 0.25) is 0 Å². The predicted molar refractivity (Wildman–Crippen MR) is 140 cm³/mol. The third-order valence-electron chi connectivity index (χ3n) is 10.9. The number of hydrogen-bond donors (Lipinski definition) is 0. The Balaban J connectivity index is 1.21. The van der Waals surface area contributed by atoms with Crippen LogP contribution in [0, 0.1) is 34.5 Å². The fourth-order valence-electron chi connectivity index (χ4n) is 8.92. The summed E-state index contributed by atoms with van der Waals surface area (Å²) in [7, 11) is 4.28. The maximum Gasteiger partial charge on any atom is 0.338 e. The third-order valence-corrected chi connectivity index (χ3v) is 10.9. The van der Waals surface area contributed by atoms with E-state index in [1.54, 1.807) is 0 Å². The molecule has 1 aromatic carbocycles. The Morgan fingerprint density at radius 3 is 2.46 bits per heavy atom. The lowest BCUT2D eigenvalue weighted by Crippen LogP contribution is -2.54. The first-order chi connectivity index (χ1) is 16.8. The van der Waals surface area contributed by atoms with E-state index in [9.17, 15) is 4.79 Å². The van der Waals surface area contributed by atoms with Crippen molar-refractivity contribution in [2.75, 3.05) is 27.2 Å². The Bertz CT molecular complexity index is 871. The van der Waals surface area contributed by atoms with Gasteiger partial charge in [0.25, 0.3) is 0 Å². The molecular weight excluding hydrogens is 434 g/mol. The average Bonchev–Trinajstić information content (AvgIpc) is 3.18. The van der Waals surface area contributed by atoms with E-state index in [-0.39, 0.29) is 17.5 Å². The normalized spacial score (nSPS) is 40.6. The number of nitrogens with zero attached hydrogens (tertiary/aromatic N) is 1. The second-order valence-electron chi connectivity index (χ2n) is 13.0. The molecule has 0 heterocycles. The molecule has 0 saturated heterocycles. The third kappa shape index (κ3) is 4.82. The number of carbonyl (C=O) groups is 1. The minimum Gasteiger partial charge on any atom is -0.458 e. The number of benzene rings is 1. The fourth-order valence-corrected chi connectivity index (χ4v) is 8.92. The second-order valence-corrected chi connectivity index (χ2v) is 13.0. The molecule has 1 aromatic rings. The number of hydrogen-bond acceptors (Lipinski definition) is 4. The average molecular weight is 482 g/mol. The molecule has 0 spiro atoms. The van der Waals surface area contributed by atoms with Crippen molar-refractivity contribution in [1.29, 1.82) is 0 Å². The summed E-state index contributed by atoms with van der Waals surface area (Å²) in [5, 5.41) is 0. The molecule has 4 nitrogen and oxygen atoms in total. The van der Waals surface area contributed by atoms with Gasteiger partial charge >= 0.3 is 5.97 Å². The molecule has 4 heteroatoms. The molecule has 4 saturated carbocycles. The molecule has 0 radical (unpaired) electrons. The Morgan fingerprint density at radius 2 is 1.69 bits per heavy atom. The summed E-state index contributed by atoms with van der Waals surface area (Å²) in [5.74, 6) is 3.01. The molecular formula is C31H47NO3. The van der Waals surface area contributed by atoms with Gasteiger partial charge in [-0.05, 0) is 126 Å². The van der Waals surface area contributed by atoms with Crippen molar-refractivity contribution in [2.24, 2.45) is 34.5 Å². The molecule has 5 rings (SSSR count). The van der Waals surface area contributed by atoms with Crippen LogP contribution in [-0.2, 0) is 9.47 Å². The van der Waals surface area contributed by atoms with Crippen molar-refractivity contribution in [3.8, 4) is 0 Å². The zero-order chi connectivity index (χ0) is 24.6. The summed E-state index contributed by atoms with van der Waals surface area (Å²) >= 11 is 0. The van der Waals surface area contributed by atoms with Gasteiger partial charge in [0.15, 0.2) is 0 Å². The van der Waals surface area contributed by atoms with Crippen LogP contribution in [0.15, 0.2) is 30.3 Å². The molecule has 4 unspecified atom stereocenters. The number of carbonyl (C=O) groups excluding carboxylic acids is 1. The van der Waals surface area contributed by atoms with Crippen LogP contribution in [0.3, 0.4) is 0 Å². The maximum atomic E-state index is 12.9. The van der Waals surface area contributed by atoms with Gasteiger partial charge in [0, 0.05) is 12.0 Å². The molecule has 4 aliphatic rings. The Morgan fingerprint density at radius 1 is 0.943 bits per heavy atom. The Kier molecular flexibility index (Phi) is 7.34. The van der Waals surface area contributed by atoms with Crippen LogP contribution < -0.4 is 0 Å². The van der Waals surface area contributed by atoms with Crippen LogP contribution in [0.25, 0.3) is 0 Å². The first kappa shape index (κ1) is 25.3. The summed E-state index contributed by atoms with van der Waals surface area (Å²) in [4.78, 5) is 15.1. The Hall–Kier alpha value is -1.39. The molecule has 8 atom stereocenters. The standard InChI is InChI=1S/C31H47NO3/c1-30-17-15-24(34-20-8-19-32(3)4)21-23(30)11-12-25-26-13-14-28(31(26,2)18-16-27(25)30)35-29(33)22-9-6-5-7-10-22/h5-7,9-10,23-28H,8,11-21H2,1-4H3/t23?,24-,25?,26?,27?,28-,30-,31-/m0/s1. The van der Waals surface area contributed by atoms with Crippen molar-refractivity contribution in [3.63, 3.8) is 0 Å². The van der Waals surface area contributed by atoms with Crippen molar-refractivity contribution in [1.82, 2.24) is 4.90 Å². The number of rotatable bonds is 7. The molecule has 35 heavy (non-hydrogen) atoms. The van der Waals surface area contributed by atoms with Gasteiger partial charge in [-0.2, -0.15) is 0 Å². The molecule has 194 valence electrons. The highest BCUT2D eigenvalue weighted by molar-refractivity contribution is 5.89. The minimum atomic E-state index is -0.140. The van der Waals surface area contributed by atoms with Crippen LogP contribution in [0.4, 0.5) is 0 Å². The first-order valence-electron chi connectivity index (χ1n) is 14.3. The summed E-state index contributed by atoms with van der Waals surface area (Å²) in [6, 6.07) is 9.54. The van der Waals surface area contributed by atoms with Crippen molar-refractivity contribution in [3.05, 3.63) is 35.9 Å². The van der Waals surface area contributed by atoms with E-state index in [1.165, 1.54) is 51.4 Å². The lowest BCUT2D eigenvalue weighted by molar-refractivity contribution is -0.141. The predicted octanol–water partition coefficient (Wildman–Crippen LogP) is 6.59. The van der Waals surface area contributed by atoms with Crippen molar-refractivity contribution >= 4 is 5.97 Å². The number of ether oxygens (including phenoxy) is 2. The fraction of sp³-hybridized carbons (Fsp3) is 0.774. The van der Waals surface area contributed by atoms with Crippen LogP contribution in [0.5, 0.6) is 0 Å². The van der Waals surface area contributed by atoms with E-state index < -0.39 is 0 Å². The van der Waals surface area contributed by atoms with Gasteiger partial charge < -0.3 is 14.4 Å². The van der Waals surface area contributed by atoms with Crippen LogP contribution >= 0.6 is 0 Å². The topological polar surface area (TPSA) is 38.8 Å². The highest BCUT2D eigenvalue weighted by atomic mass is 16.5. The summed E-state index contributed by atoms with van der Waals surface area (Å²) in [5.41, 5.74) is 1.29. The second kappa shape index (κ2) is 10.2. The van der Waals surface area contributed by atoms with Gasteiger partial charge in [-0.3, -0.25) is 0 Å². The summed E-state index contributed by atoms with van der Waals surface area (Å²) < 4.78 is 12.6. The highest BCUT2D eigenvalue weighted by Gasteiger charge is 2.61. The van der Waals surface area contributed by atoms with Crippen molar-refractivity contribution in [2.45, 2.75) is 90.3 Å². The van der Waals surface area contributed by atoms with Gasteiger partial charge in [0.05, 0.1) is 11.7 Å². The van der Waals surface area contributed by atoms with Crippen molar-refractivity contribution < 1.29 is 14.3 Å². The minimum absolute atomic E-state index is 0.0676. The van der Waals surface area contributed by atoms with Gasteiger partial charge in [0.1, 0.15) is 6.10 Å². The van der Waals surface area contributed by atoms with Crippen LogP contribution in [-0.4, -0.2) is 50.3 Å². The smallest absolute Gasteiger partial charge is 0.338 e. The van der Waals surface area contributed by atoms with E-state index in [0.717, 1.165) is 43.7 Å². The zero-order valence-electron chi connectivity index (χ0n) is 22.5. The summed E-state index contributed by atoms with van der Waals surface area (Å²) in [6.07, 6.45) is 13.0. The largest absolute Gasteiger partial charge is 0.458 e. The number of fused-ring (bicyclic) bond motifs is 5. The lowest BCUT2D eigenvalue weighted by atomic mass is 9.45. The van der Waals surface area contributed by atoms with E-state index in [4.69, 9.17) is 9.47 Å². The van der Waals surface area contributed by atoms with E-state index in [0.29, 0.717) is 23.0 Å². The molecule has 0 N–H and O–H groups in total. The lowest BCUT2D eigenvalue weighted by Gasteiger charge is -2.60.